The van der Waals surface area contributed by atoms with Crippen LogP contribution in [0.3, 0.4) is 0 Å². The standard InChI is InChI=1S/C16H21NO/c1-16(2,3)15(18)10-9-12-6-4-8-14-13(12)7-5-11-17-14/h4,6,8,15,17-18H,5,7,11H2,1-3H3. The second kappa shape index (κ2) is 5.04. The van der Waals surface area contributed by atoms with Gasteiger partial charge in [0.25, 0.3) is 0 Å². The van der Waals surface area contributed by atoms with Crippen molar-refractivity contribution in [1.82, 2.24) is 0 Å². The van der Waals surface area contributed by atoms with Crippen molar-refractivity contribution in [2.24, 2.45) is 5.41 Å². The molecule has 0 saturated carbocycles. The molecular formula is C16H21NO. The van der Waals surface area contributed by atoms with Crippen LogP contribution in [0.1, 0.15) is 38.3 Å². The first-order chi connectivity index (χ1) is 8.48. The topological polar surface area (TPSA) is 32.3 Å². The van der Waals surface area contributed by atoms with Crippen LogP contribution < -0.4 is 5.32 Å². The Kier molecular flexibility index (Phi) is 3.63. The number of nitrogens with one attached hydrogen (secondary N) is 1. The third kappa shape index (κ3) is 2.86. The number of aliphatic hydroxyl groups excluding tert-OH is 1. The first-order valence-corrected chi connectivity index (χ1v) is 6.54. The maximum absolute atomic E-state index is 9.96. The van der Waals surface area contributed by atoms with E-state index in [-0.39, 0.29) is 5.41 Å². The van der Waals surface area contributed by atoms with Gasteiger partial charge in [-0.2, -0.15) is 0 Å². The Morgan fingerprint density at radius 3 is 2.83 bits per heavy atom. The van der Waals surface area contributed by atoms with E-state index in [0.29, 0.717) is 0 Å². The number of fused-ring (bicyclic) bond motifs is 1. The van der Waals surface area contributed by atoms with Crippen molar-refractivity contribution in [1.29, 1.82) is 0 Å². The zero-order chi connectivity index (χ0) is 13.2. The van der Waals surface area contributed by atoms with Crippen molar-refractivity contribution in [3.05, 3.63) is 29.3 Å². The summed E-state index contributed by atoms with van der Waals surface area (Å²) in [5, 5.41) is 13.4. The number of anilines is 1. The summed E-state index contributed by atoms with van der Waals surface area (Å²) in [4.78, 5) is 0. The predicted octanol–water partition coefficient (Wildman–Crippen LogP) is 2.80. The highest BCUT2D eigenvalue weighted by Crippen LogP contribution is 2.25. The Labute approximate surface area is 109 Å². The van der Waals surface area contributed by atoms with Gasteiger partial charge in [0.05, 0.1) is 0 Å². The average molecular weight is 243 g/mol. The minimum Gasteiger partial charge on any atom is -0.385 e. The van der Waals surface area contributed by atoms with Gasteiger partial charge in [0.15, 0.2) is 0 Å². The van der Waals surface area contributed by atoms with E-state index >= 15 is 0 Å². The Hall–Kier alpha value is -1.46. The minimum absolute atomic E-state index is 0.194. The first-order valence-electron chi connectivity index (χ1n) is 6.54. The molecule has 0 spiro atoms. The van der Waals surface area contributed by atoms with Gasteiger partial charge in [-0.05, 0) is 36.0 Å². The molecule has 0 fully saturated rings. The van der Waals surface area contributed by atoms with E-state index in [1.54, 1.807) is 0 Å². The van der Waals surface area contributed by atoms with Crippen LogP contribution in [-0.2, 0) is 6.42 Å². The van der Waals surface area contributed by atoms with Crippen molar-refractivity contribution >= 4 is 5.69 Å². The molecule has 0 aromatic heterocycles. The Balaban J connectivity index is 2.28. The zero-order valence-corrected chi connectivity index (χ0v) is 11.4. The Morgan fingerprint density at radius 1 is 1.33 bits per heavy atom. The molecule has 96 valence electrons. The monoisotopic (exact) mass is 243 g/mol. The largest absolute Gasteiger partial charge is 0.385 e. The molecular weight excluding hydrogens is 222 g/mol. The van der Waals surface area contributed by atoms with Crippen LogP contribution in [0.25, 0.3) is 0 Å². The molecule has 1 aliphatic heterocycles. The molecule has 1 aromatic rings. The fraction of sp³-hybridized carbons (Fsp3) is 0.500. The molecule has 1 aliphatic rings. The molecule has 0 radical (unpaired) electrons. The Morgan fingerprint density at radius 2 is 2.11 bits per heavy atom. The van der Waals surface area contributed by atoms with Crippen LogP contribution in [0.4, 0.5) is 5.69 Å². The third-order valence-corrected chi connectivity index (χ3v) is 3.26. The second-order valence-corrected chi connectivity index (χ2v) is 5.90. The van der Waals surface area contributed by atoms with Gasteiger partial charge in [0.1, 0.15) is 6.10 Å². The van der Waals surface area contributed by atoms with Gasteiger partial charge in [-0.15, -0.1) is 0 Å². The maximum atomic E-state index is 9.96. The van der Waals surface area contributed by atoms with Crippen LogP contribution in [0.15, 0.2) is 18.2 Å². The van der Waals surface area contributed by atoms with Gasteiger partial charge in [-0.25, -0.2) is 0 Å². The van der Waals surface area contributed by atoms with E-state index in [4.69, 9.17) is 0 Å². The summed E-state index contributed by atoms with van der Waals surface area (Å²) in [5.41, 5.74) is 3.33. The summed E-state index contributed by atoms with van der Waals surface area (Å²) in [7, 11) is 0. The summed E-state index contributed by atoms with van der Waals surface area (Å²) in [5.74, 6) is 6.11. The van der Waals surface area contributed by atoms with Crippen LogP contribution in [-0.4, -0.2) is 17.8 Å². The van der Waals surface area contributed by atoms with E-state index in [1.807, 2.05) is 32.9 Å². The lowest BCUT2D eigenvalue weighted by molar-refractivity contribution is 0.114. The molecule has 0 bridgehead atoms. The minimum atomic E-state index is -0.593. The number of hydrogen-bond donors (Lipinski definition) is 2. The molecule has 1 unspecified atom stereocenters. The lowest BCUT2D eigenvalue weighted by Crippen LogP contribution is -2.24. The van der Waals surface area contributed by atoms with Crippen LogP contribution >= 0.6 is 0 Å². The second-order valence-electron chi connectivity index (χ2n) is 5.90. The van der Waals surface area contributed by atoms with E-state index in [1.165, 1.54) is 11.3 Å². The van der Waals surface area contributed by atoms with Crippen molar-refractivity contribution in [2.45, 2.75) is 39.7 Å². The van der Waals surface area contributed by atoms with Crippen LogP contribution in [0.2, 0.25) is 0 Å². The third-order valence-electron chi connectivity index (χ3n) is 3.26. The summed E-state index contributed by atoms with van der Waals surface area (Å²) < 4.78 is 0. The molecule has 2 nitrogen and oxygen atoms in total. The summed E-state index contributed by atoms with van der Waals surface area (Å²) in [6.07, 6.45) is 1.62. The average Bonchev–Trinajstić information content (AvgIpc) is 2.34. The van der Waals surface area contributed by atoms with Crippen molar-refractivity contribution in [3.63, 3.8) is 0 Å². The van der Waals surface area contributed by atoms with Crippen LogP contribution in [0, 0.1) is 17.3 Å². The molecule has 1 atom stereocenters. The van der Waals surface area contributed by atoms with Crippen LogP contribution in [0.5, 0.6) is 0 Å². The molecule has 1 aromatic carbocycles. The molecule has 0 amide bonds. The van der Waals surface area contributed by atoms with Gasteiger partial charge < -0.3 is 10.4 Å². The van der Waals surface area contributed by atoms with E-state index in [2.05, 4.69) is 23.2 Å². The van der Waals surface area contributed by atoms with Crippen molar-refractivity contribution in [3.8, 4) is 11.8 Å². The SMILES string of the molecule is CC(C)(C)C(O)C#Cc1cccc2c1CCCN2. The van der Waals surface area contributed by atoms with E-state index < -0.39 is 6.10 Å². The fourth-order valence-electron chi connectivity index (χ4n) is 1.99. The fourth-order valence-corrected chi connectivity index (χ4v) is 1.99. The number of rotatable bonds is 0. The molecule has 18 heavy (non-hydrogen) atoms. The maximum Gasteiger partial charge on any atom is 0.119 e. The quantitative estimate of drug-likeness (QED) is 0.687. The van der Waals surface area contributed by atoms with Gasteiger partial charge in [-0.3, -0.25) is 0 Å². The predicted molar refractivity (Wildman–Crippen MR) is 75.6 cm³/mol. The lowest BCUT2D eigenvalue weighted by Gasteiger charge is -2.21. The summed E-state index contributed by atoms with van der Waals surface area (Å²) in [6.45, 7) is 7.02. The highest BCUT2D eigenvalue weighted by molar-refractivity contribution is 5.60. The van der Waals surface area contributed by atoms with Crippen molar-refractivity contribution < 1.29 is 5.11 Å². The molecule has 2 rings (SSSR count). The molecule has 2 N–H and O–H groups in total. The van der Waals surface area contributed by atoms with Gasteiger partial charge in [0, 0.05) is 17.8 Å². The summed E-state index contributed by atoms with van der Waals surface area (Å²) >= 11 is 0. The highest BCUT2D eigenvalue weighted by Gasteiger charge is 2.19. The Bertz CT molecular complexity index is 488. The van der Waals surface area contributed by atoms with Gasteiger partial charge in [-0.1, -0.05) is 38.7 Å². The lowest BCUT2D eigenvalue weighted by atomic mass is 9.89. The molecule has 0 saturated heterocycles. The van der Waals surface area contributed by atoms with Gasteiger partial charge >= 0.3 is 0 Å². The molecule has 1 heterocycles. The number of benzene rings is 1. The summed E-state index contributed by atoms with van der Waals surface area (Å²) in [6, 6.07) is 6.15. The molecule has 2 heteroatoms. The van der Waals surface area contributed by atoms with Gasteiger partial charge in [0.2, 0.25) is 0 Å². The number of hydrogen-bond acceptors (Lipinski definition) is 2. The smallest absolute Gasteiger partial charge is 0.119 e. The highest BCUT2D eigenvalue weighted by atomic mass is 16.3. The van der Waals surface area contributed by atoms with E-state index in [0.717, 1.165) is 24.9 Å². The normalized spacial score (nSPS) is 16.0. The zero-order valence-electron chi connectivity index (χ0n) is 11.4. The number of aliphatic hydroxyl groups is 1. The first kappa shape index (κ1) is 13.0. The molecule has 0 aliphatic carbocycles. The van der Waals surface area contributed by atoms with E-state index in [9.17, 15) is 5.11 Å². The van der Waals surface area contributed by atoms with Crippen molar-refractivity contribution in [2.75, 3.05) is 11.9 Å².